The van der Waals surface area contributed by atoms with E-state index in [1.807, 2.05) is 0 Å². The molecule has 1 aliphatic carbocycles. The van der Waals surface area contributed by atoms with Gasteiger partial charge in [-0.3, -0.25) is 4.79 Å². The normalized spacial score (nSPS) is 24.6. The summed E-state index contributed by atoms with van der Waals surface area (Å²) in [4.78, 5) is 11.4. The Morgan fingerprint density at radius 2 is 2.31 bits per heavy atom. The summed E-state index contributed by atoms with van der Waals surface area (Å²) in [5.41, 5.74) is 0. The number of amides is 1. The maximum absolute atomic E-state index is 11.4. The van der Waals surface area contributed by atoms with Crippen molar-refractivity contribution in [2.24, 2.45) is 5.92 Å². The summed E-state index contributed by atoms with van der Waals surface area (Å²) in [6.45, 7) is 2.90. The molecule has 0 spiro atoms. The van der Waals surface area contributed by atoms with Gasteiger partial charge in [0.15, 0.2) is 0 Å². The monoisotopic (exact) mass is 245 g/mol. The number of unbranched alkanes of at least 4 members (excludes halogenated alkanes) is 1. The SMILES string of the molecule is CCCCSCC(=O)NCC1CCC(O)C1. The van der Waals surface area contributed by atoms with Crippen LogP contribution < -0.4 is 5.32 Å². The van der Waals surface area contributed by atoms with E-state index in [2.05, 4.69) is 12.2 Å². The van der Waals surface area contributed by atoms with E-state index in [-0.39, 0.29) is 12.0 Å². The summed E-state index contributed by atoms with van der Waals surface area (Å²) in [5, 5.41) is 12.3. The van der Waals surface area contributed by atoms with Gasteiger partial charge in [0.2, 0.25) is 5.91 Å². The Morgan fingerprint density at radius 1 is 1.50 bits per heavy atom. The number of hydrogen-bond donors (Lipinski definition) is 2. The van der Waals surface area contributed by atoms with Gasteiger partial charge in [0.25, 0.3) is 0 Å². The minimum atomic E-state index is -0.138. The predicted octanol–water partition coefficient (Wildman–Crippen LogP) is 1.80. The fraction of sp³-hybridized carbons (Fsp3) is 0.917. The maximum atomic E-state index is 11.4. The number of rotatable bonds is 7. The zero-order valence-corrected chi connectivity index (χ0v) is 10.9. The molecule has 0 radical (unpaired) electrons. The number of nitrogens with one attached hydrogen (secondary N) is 1. The molecule has 0 aromatic heterocycles. The summed E-state index contributed by atoms with van der Waals surface area (Å²) in [6, 6.07) is 0. The molecule has 2 N–H and O–H groups in total. The minimum Gasteiger partial charge on any atom is -0.393 e. The van der Waals surface area contributed by atoms with Gasteiger partial charge in [-0.15, -0.1) is 0 Å². The summed E-state index contributed by atoms with van der Waals surface area (Å²) in [6.07, 6.45) is 5.03. The van der Waals surface area contributed by atoms with Gasteiger partial charge in [-0.25, -0.2) is 0 Å². The molecule has 1 fully saturated rings. The van der Waals surface area contributed by atoms with Crippen LogP contribution in [0, 0.1) is 5.92 Å². The van der Waals surface area contributed by atoms with Gasteiger partial charge in [0, 0.05) is 6.54 Å². The summed E-state index contributed by atoms with van der Waals surface area (Å²) < 4.78 is 0. The average molecular weight is 245 g/mol. The highest BCUT2D eigenvalue weighted by Crippen LogP contribution is 2.24. The summed E-state index contributed by atoms with van der Waals surface area (Å²) in [5.74, 6) is 2.28. The molecule has 1 rings (SSSR count). The van der Waals surface area contributed by atoms with Gasteiger partial charge < -0.3 is 10.4 Å². The topological polar surface area (TPSA) is 49.3 Å². The van der Waals surface area contributed by atoms with Crippen LogP contribution in [0.3, 0.4) is 0 Å². The van der Waals surface area contributed by atoms with Crippen LogP contribution in [0.5, 0.6) is 0 Å². The molecule has 4 heteroatoms. The van der Waals surface area contributed by atoms with E-state index in [0.29, 0.717) is 11.7 Å². The molecule has 16 heavy (non-hydrogen) atoms. The molecular formula is C12H23NO2S. The smallest absolute Gasteiger partial charge is 0.230 e. The van der Waals surface area contributed by atoms with Crippen molar-refractivity contribution >= 4 is 17.7 Å². The molecule has 2 atom stereocenters. The number of carbonyl (C=O) groups is 1. The molecule has 3 nitrogen and oxygen atoms in total. The van der Waals surface area contributed by atoms with Crippen LogP contribution in [0.1, 0.15) is 39.0 Å². The van der Waals surface area contributed by atoms with Gasteiger partial charge in [0.05, 0.1) is 11.9 Å². The van der Waals surface area contributed by atoms with Crippen LogP contribution in [-0.4, -0.2) is 35.2 Å². The van der Waals surface area contributed by atoms with Crippen LogP contribution in [-0.2, 0) is 4.79 Å². The van der Waals surface area contributed by atoms with Crippen molar-refractivity contribution in [3.05, 3.63) is 0 Å². The van der Waals surface area contributed by atoms with E-state index in [1.165, 1.54) is 12.8 Å². The van der Waals surface area contributed by atoms with Crippen LogP contribution in [0.25, 0.3) is 0 Å². The van der Waals surface area contributed by atoms with Crippen LogP contribution in [0.15, 0.2) is 0 Å². The highest BCUT2D eigenvalue weighted by Gasteiger charge is 2.22. The van der Waals surface area contributed by atoms with E-state index in [0.717, 1.165) is 31.6 Å². The average Bonchev–Trinajstić information content (AvgIpc) is 2.68. The van der Waals surface area contributed by atoms with Crippen molar-refractivity contribution in [1.82, 2.24) is 5.32 Å². The van der Waals surface area contributed by atoms with Gasteiger partial charge in [-0.05, 0) is 37.4 Å². The fourth-order valence-corrected chi connectivity index (χ4v) is 2.88. The van der Waals surface area contributed by atoms with Crippen molar-refractivity contribution in [3.63, 3.8) is 0 Å². The van der Waals surface area contributed by atoms with Gasteiger partial charge >= 0.3 is 0 Å². The highest BCUT2D eigenvalue weighted by molar-refractivity contribution is 7.99. The molecular weight excluding hydrogens is 222 g/mol. The van der Waals surface area contributed by atoms with E-state index >= 15 is 0 Å². The lowest BCUT2D eigenvalue weighted by Crippen LogP contribution is -2.30. The lowest BCUT2D eigenvalue weighted by Gasteiger charge is -2.10. The first kappa shape index (κ1) is 13.8. The third-order valence-corrected chi connectivity index (χ3v) is 4.02. The molecule has 0 aromatic carbocycles. The zero-order chi connectivity index (χ0) is 11.8. The van der Waals surface area contributed by atoms with E-state index in [9.17, 15) is 9.90 Å². The standard InChI is InChI=1S/C12H23NO2S/c1-2-3-6-16-9-12(15)13-8-10-4-5-11(14)7-10/h10-11,14H,2-9H2,1H3,(H,13,15). The zero-order valence-electron chi connectivity index (χ0n) is 10.1. The summed E-state index contributed by atoms with van der Waals surface area (Å²) >= 11 is 1.71. The number of aliphatic hydroxyl groups excluding tert-OH is 1. The third kappa shape index (κ3) is 5.75. The Bertz CT molecular complexity index is 211. The molecule has 0 aliphatic heterocycles. The molecule has 1 aliphatic rings. The van der Waals surface area contributed by atoms with Crippen LogP contribution in [0.2, 0.25) is 0 Å². The summed E-state index contributed by atoms with van der Waals surface area (Å²) in [7, 11) is 0. The van der Waals surface area contributed by atoms with E-state index in [4.69, 9.17) is 0 Å². The Kier molecular flexibility index (Phi) is 6.88. The van der Waals surface area contributed by atoms with Crippen molar-refractivity contribution in [1.29, 1.82) is 0 Å². The Morgan fingerprint density at radius 3 is 2.94 bits per heavy atom. The first-order valence-electron chi connectivity index (χ1n) is 6.25. The molecule has 0 saturated heterocycles. The lowest BCUT2D eigenvalue weighted by molar-refractivity contribution is -0.118. The van der Waals surface area contributed by atoms with Gasteiger partial charge in [0.1, 0.15) is 0 Å². The first-order chi connectivity index (χ1) is 7.72. The quantitative estimate of drug-likeness (QED) is 0.672. The van der Waals surface area contributed by atoms with Crippen molar-refractivity contribution in [3.8, 4) is 0 Å². The van der Waals surface area contributed by atoms with E-state index < -0.39 is 0 Å². The molecule has 2 unspecified atom stereocenters. The van der Waals surface area contributed by atoms with Crippen molar-refractivity contribution < 1.29 is 9.90 Å². The molecule has 1 amide bonds. The van der Waals surface area contributed by atoms with Crippen LogP contribution in [0.4, 0.5) is 0 Å². The molecule has 1 saturated carbocycles. The second kappa shape index (κ2) is 7.96. The third-order valence-electron chi connectivity index (χ3n) is 2.98. The van der Waals surface area contributed by atoms with Crippen molar-refractivity contribution in [2.75, 3.05) is 18.1 Å². The molecule has 0 bridgehead atoms. The highest BCUT2D eigenvalue weighted by atomic mass is 32.2. The fourth-order valence-electron chi connectivity index (χ4n) is 1.95. The van der Waals surface area contributed by atoms with Crippen LogP contribution >= 0.6 is 11.8 Å². The first-order valence-corrected chi connectivity index (χ1v) is 7.40. The number of aliphatic hydroxyl groups is 1. The Balaban J connectivity index is 1.97. The predicted molar refractivity (Wildman–Crippen MR) is 68.6 cm³/mol. The maximum Gasteiger partial charge on any atom is 0.230 e. The second-order valence-corrected chi connectivity index (χ2v) is 5.65. The van der Waals surface area contributed by atoms with Gasteiger partial charge in [-0.1, -0.05) is 13.3 Å². The number of thioether (sulfide) groups is 1. The second-order valence-electron chi connectivity index (χ2n) is 4.54. The molecule has 94 valence electrons. The van der Waals surface area contributed by atoms with E-state index in [1.54, 1.807) is 11.8 Å². The van der Waals surface area contributed by atoms with Crippen molar-refractivity contribution in [2.45, 2.75) is 45.1 Å². The number of hydrogen-bond acceptors (Lipinski definition) is 3. The number of carbonyl (C=O) groups excluding carboxylic acids is 1. The lowest BCUT2D eigenvalue weighted by atomic mass is 10.1. The molecule has 0 aromatic rings. The largest absolute Gasteiger partial charge is 0.393 e. The van der Waals surface area contributed by atoms with Gasteiger partial charge in [-0.2, -0.15) is 11.8 Å². The Hall–Kier alpha value is -0.220. The minimum absolute atomic E-state index is 0.138. The Labute approximate surface area is 102 Å². The molecule has 0 heterocycles.